The molecule has 2 heterocycles. The Balaban J connectivity index is 2.11. The lowest BCUT2D eigenvalue weighted by molar-refractivity contribution is 0.102. The number of nitrogens with zero attached hydrogens (tertiary/aromatic N) is 2. The third-order valence-corrected chi connectivity index (χ3v) is 2.33. The second-order valence-corrected chi connectivity index (χ2v) is 3.56. The van der Waals surface area contributed by atoms with Crippen LogP contribution in [0.1, 0.15) is 10.4 Å². The van der Waals surface area contributed by atoms with E-state index in [1.54, 1.807) is 11.6 Å². The number of carbonyl (C=O) groups excluding carboxylic acids is 1. The maximum absolute atomic E-state index is 12.5. The average Bonchev–Trinajstić information content (AvgIpc) is 2.71. The normalized spacial score (nSPS) is 9.93. The van der Waals surface area contributed by atoms with Crippen molar-refractivity contribution in [1.82, 2.24) is 9.97 Å². The molecule has 15 heavy (non-hydrogen) atoms. The summed E-state index contributed by atoms with van der Waals surface area (Å²) in [6.45, 7) is 0. The van der Waals surface area contributed by atoms with E-state index < -0.39 is 5.95 Å². The lowest BCUT2D eigenvalue weighted by Gasteiger charge is -2.00. The highest BCUT2D eigenvalue weighted by Gasteiger charge is 2.07. The number of thiazole rings is 1. The number of hydrogen-bond donors (Lipinski definition) is 1. The van der Waals surface area contributed by atoms with Crippen molar-refractivity contribution in [3.8, 4) is 0 Å². The van der Waals surface area contributed by atoms with Crippen LogP contribution in [0.4, 0.5) is 9.52 Å². The SMILES string of the molecule is O=C(Nc1nccs1)c1ccc(F)nc1. The topological polar surface area (TPSA) is 54.9 Å². The fourth-order valence-electron chi connectivity index (χ4n) is 0.965. The van der Waals surface area contributed by atoms with Crippen molar-refractivity contribution in [2.45, 2.75) is 0 Å². The molecule has 0 radical (unpaired) electrons. The van der Waals surface area contributed by atoms with E-state index in [4.69, 9.17) is 0 Å². The van der Waals surface area contributed by atoms with Crippen molar-refractivity contribution in [1.29, 1.82) is 0 Å². The van der Waals surface area contributed by atoms with Gasteiger partial charge in [-0.1, -0.05) is 0 Å². The number of halogens is 1. The molecule has 0 saturated carbocycles. The molecule has 6 heteroatoms. The van der Waals surface area contributed by atoms with E-state index in [0.717, 1.165) is 6.07 Å². The number of carbonyl (C=O) groups is 1. The molecule has 0 saturated heterocycles. The van der Waals surface area contributed by atoms with Gasteiger partial charge in [-0.25, -0.2) is 9.97 Å². The summed E-state index contributed by atoms with van der Waals surface area (Å²) < 4.78 is 12.5. The van der Waals surface area contributed by atoms with E-state index in [9.17, 15) is 9.18 Å². The zero-order chi connectivity index (χ0) is 10.7. The van der Waals surface area contributed by atoms with E-state index in [1.807, 2.05) is 0 Å². The lowest BCUT2D eigenvalue weighted by atomic mass is 10.3. The first-order valence-electron chi connectivity index (χ1n) is 4.08. The molecule has 0 fully saturated rings. The maximum Gasteiger partial charge on any atom is 0.259 e. The highest BCUT2D eigenvalue weighted by Crippen LogP contribution is 2.11. The Morgan fingerprint density at radius 1 is 1.40 bits per heavy atom. The average molecular weight is 223 g/mol. The molecular weight excluding hydrogens is 217 g/mol. The molecule has 0 spiro atoms. The van der Waals surface area contributed by atoms with Crippen LogP contribution >= 0.6 is 11.3 Å². The molecule has 2 aromatic rings. The van der Waals surface area contributed by atoms with Crippen LogP contribution in [0.2, 0.25) is 0 Å². The molecule has 0 aromatic carbocycles. The number of nitrogens with one attached hydrogen (secondary N) is 1. The Morgan fingerprint density at radius 3 is 2.87 bits per heavy atom. The van der Waals surface area contributed by atoms with Crippen molar-refractivity contribution >= 4 is 22.4 Å². The van der Waals surface area contributed by atoms with Crippen LogP contribution in [-0.4, -0.2) is 15.9 Å². The molecule has 1 amide bonds. The van der Waals surface area contributed by atoms with Gasteiger partial charge in [0.1, 0.15) is 0 Å². The summed E-state index contributed by atoms with van der Waals surface area (Å²) in [6, 6.07) is 2.50. The quantitative estimate of drug-likeness (QED) is 0.791. The number of pyridine rings is 1. The van der Waals surface area contributed by atoms with E-state index in [-0.39, 0.29) is 5.91 Å². The zero-order valence-electron chi connectivity index (χ0n) is 7.48. The molecule has 0 aliphatic carbocycles. The molecule has 4 nitrogen and oxygen atoms in total. The minimum Gasteiger partial charge on any atom is -0.298 e. The van der Waals surface area contributed by atoms with Crippen molar-refractivity contribution in [3.63, 3.8) is 0 Å². The second-order valence-electron chi connectivity index (χ2n) is 2.66. The summed E-state index contributed by atoms with van der Waals surface area (Å²) in [5.41, 5.74) is 0.298. The molecule has 2 aromatic heterocycles. The minimum absolute atomic E-state index is 0.298. The van der Waals surface area contributed by atoms with Gasteiger partial charge in [0, 0.05) is 17.8 Å². The van der Waals surface area contributed by atoms with Crippen LogP contribution in [-0.2, 0) is 0 Å². The molecule has 0 atom stereocenters. The first-order chi connectivity index (χ1) is 7.25. The fraction of sp³-hybridized carbons (Fsp3) is 0. The fourth-order valence-corrected chi connectivity index (χ4v) is 1.49. The van der Waals surface area contributed by atoms with Gasteiger partial charge in [-0.2, -0.15) is 4.39 Å². The van der Waals surface area contributed by atoms with Crippen molar-refractivity contribution in [2.75, 3.05) is 5.32 Å². The first-order valence-corrected chi connectivity index (χ1v) is 4.96. The van der Waals surface area contributed by atoms with Gasteiger partial charge in [0.05, 0.1) is 5.56 Å². The summed E-state index contributed by atoms with van der Waals surface area (Å²) in [5, 5.41) is 4.82. The third kappa shape index (κ3) is 2.35. The van der Waals surface area contributed by atoms with Gasteiger partial charge in [0.2, 0.25) is 5.95 Å². The van der Waals surface area contributed by atoms with Crippen LogP contribution in [0.15, 0.2) is 29.9 Å². The Labute approximate surface area is 88.8 Å². The summed E-state index contributed by atoms with van der Waals surface area (Å²) in [4.78, 5) is 18.8. The van der Waals surface area contributed by atoms with Gasteiger partial charge in [0.25, 0.3) is 5.91 Å². The van der Waals surface area contributed by atoms with Crippen LogP contribution in [0.3, 0.4) is 0 Å². The van der Waals surface area contributed by atoms with Gasteiger partial charge in [0.15, 0.2) is 5.13 Å². The Bertz CT molecular complexity index is 455. The molecular formula is C9H6FN3OS. The van der Waals surface area contributed by atoms with E-state index in [2.05, 4.69) is 15.3 Å². The minimum atomic E-state index is -0.610. The van der Waals surface area contributed by atoms with Crippen LogP contribution in [0, 0.1) is 5.95 Å². The third-order valence-electron chi connectivity index (χ3n) is 1.64. The lowest BCUT2D eigenvalue weighted by Crippen LogP contribution is -2.11. The molecule has 0 aliphatic heterocycles. The van der Waals surface area contributed by atoms with Crippen LogP contribution in [0.25, 0.3) is 0 Å². The number of amides is 1. The van der Waals surface area contributed by atoms with Gasteiger partial charge in [-0.3, -0.25) is 10.1 Å². The summed E-state index contributed by atoms with van der Waals surface area (Å²) in [6.07, 6.45) is 2.77. The molecule has 1 N–H and O–H groups in total. The molecule has 0 unspecified atom stereocenters. The van der Waals surface area contributed by atoms with Gasteiger partial charge in [-0.05, 0) is 12.1 Å². The van der Waals surface area contributed by atoms with Crippen molar-refractivity contribution in [2.24, 2.45) is 0 Å². The van der Waals surface area contributed by atoms with Gasteiger partial charge in [-0.15, -0.1) is 11.3 Å². The van der Waals surface area contributed by atoms with E-state index in [1.165, 1.54) is 23.6 Å². The number of aromatic nitrogens is 2. The highest BCUT2D eigenvalue weighted by atomic mass is 32.1. The number of rotatable bonds is 2. The Morgan fingerprint density at radius 2 is 2.27 bits per heavy atom. The standard InChI is InChI=1S/C9H6FN3OS/c10-7-2-1-6(5-12-7)8(14)13-9-11-3-4-15-9/h1-5H,(H,11,13,14). The molecule has 0 bridgehead atoms. The zero-order valence-corrected chi connectivity index (χ0v) is 8.29. The van der Waals surface area contributed by atoms with Crippen LogP contribution in [0.5, 0.6) is 0 Å². The maximum atomic E-state index is 12.5. The largest absolute Gasteiger partial charge is 0.298 e. The monoisotopic (exact) mass is 223 g/mol. The number of hydrogen-bond acceptors (Lipinski definition) is 4. The van der Waals surface area contributed by atoms with Crippen LogP contribution < -0.4 is 5.32 Å². The predicted molar refractivity (Wildman–Crippen MR) is 54.3 cm³/mol. The molecule has 2 rings (SSSR count). The first kappa shape index (κ1) is 9.72. The highest BCUT2D eigenvalue weighted by molar-refractivity contribution is 7.13. The van der Waals surface area contributed by atoms with E-state index in [0.29, 0.717) is 10.7 Å². The smallest absolute Gasteiger partial charge is 0.259 e. The summed E-state index contributed by atoms with van der Waals surface area (Å²) >= 11 is 1.31. The Hall–Kier alpha value is -1.82. The summed E-state index contributed by atoms with van der Waals surface area (Å²) in [5.74, 6) is -0.960. The molecule has 76 valence electrons. The van der Waals surface area contributed by atoms with Gasteiger partial charge < -0.3 is 0 Å². The van der Waals surface area contributed by atoms with Gasteiger partial charge >= 0.3 is 0 Å². The second kappa shape index (κ2) is 4.14. The molecule has 0 aliphatic rings. The van der Waals surface area contributed by atoms with Crippen molar-refractivity contribution in [3.05, 3.63) is 41.4 Å². The Kier molecular flexibility index (Phi) is 2.68. The van der Waals surface area contributed by atoms with Crippen molar-refractivity contribution < 1.29 is 9.18 Å². The number of anilines is 1. The predicted octanol–water partition coefficient (Wildman–Crippen LogP) is 1.93. The summed E-state index contributed by atoms with van der Waals surface area (Å²) in [7, 11) is 0. The van der Waals surface area contributed by atoms with E-state index >= 15 is 0 Å².